The first kappa shape index (κ1) is 6.52. The van der Waals surface area contributed by atoms with Gasteiger partial charge >= 0.3 is 0 Å². The predicted molar refractivity (Wildman–Crippen MR) is 39.8 cm³/mol. The van der Waals surface area contributed by atoms with E-state index in [-0.39, 0.29) is 0 Å². The van der Waals surface area contributed by atoms with Crippen LogP contribution in [0.1, 0.15) is 0 Å². The van der Waals surface area contributed by atoms with Crippen molar-refractivity contribution in [1.82, 2.24) is 0 Å². The normalized spacial score (nSPS) is 13.1. The van der Waals surface area contributed by atoms with Gasteiger partial charge in [0.2, 0.25) is 9.04 Å². The number of hydrogen-bond acceptors (Lipinski definition) is 0. The summed E-state index contributed by atoms with van der Waals surface area (Å²) in [7, 11) is -1.78. The minimum absolute atomic E-state index is 0.998. The number of hydrogen-bond donors (Lipinski definition) is 0. The summed E-state index contributed by atoms with van der Waals surface area (Å²) in [4.78, 5) is 10.9. The summed E-state index contributed by atoms with van der Waals surface area (Å²) in [5.41, 5.74) is 0. The maximum atomic E-state index is 10.9. The van der Waals surface area contributed by atoms with E-state index in [1.165, 1.54) is 0 Å². The van der Waals surface area contributed by atoms with Crippen LogP contribution in [0.3, 0.4) is 0 Å². The molecule has 0 aromatic heterocycles. The Morgan fingerprint density at radius 1 is 1.22 bits per heavy atom. The summed E-state index contributed by atoms with van der Waals surface area (Å²) in [6.45, 7) is 1.79. The maximum Gasteiger partial charge on any atom is 0.249 e. The van der Waals surface area contributed by atoms with Gasteiger partial charge in [-0.15, -0.1) is 0 Å². The van der Waals surface area contributed by atoms with Crippen molar-refractivity contribution in [2.45, 2.75) is 6.55 Å². The molecule has 0 saturated heterocycles. The van der Waals surface area contributed by atoms with Gasteiger partial charge in [0, 0.05) is 0 Å². The molecule has 1 aromatic rings. The summed E-state index contributed by atoms with van der Waals surface area (Å²) in [5.74, 6) is 0. The van der Waals surface area contributed by atoms with Crippen molar-refractivity contribution >= 4 is 14.2 Å². The summed E-state index contributed by atoms with van der Waals surface area (Å²) in [6, 6.07) is 9.57. The van der Waals surface area contributed by atoms with E-state index in [2.05, 4.69) is 0 Å². The third-order valence-corrected chi connectivity index (χ3v) is 2.59. The Balaban J connectivity index is 2.85. The first-order chi connectivity index (χ1) is 4.30. The first-order valence-corrected chi connectivity index (χ1v) is 5.22. The van der Waals surface area contributed by atoms with Crippen LogP contribution in [-0.2, 0) is 4.80 Å². The highest BCUT2D eigenvalue weighted by molar-refractivity contribution is 6.64. The van der Waals surface area contributed by atoms with Crippen LogP contribution in [-0.4, -0.2) is 9.04 Å². The summed E-state index contributed by atoms with van der Waals surface area (Å²) in [6.07, 6.45) is 0. The lowest BCUT2D eigenvalue weighted by molar-refractivity contribution is 0.465. The Kier molecular flexibility index (Phi) is 2.03. The fraction of sp³-hybridized carbons (Fsp3) is 0.143. The zero-order valence-corrected chi connectivity index (χ0v) is 6.53. The molecule has 0 saturated carbocycles. The van der Waals surface area contributed by atoms with E-state index >= 15 is 0 Å². The van der Waals surface area contributed by atoms with Crippen molar-refractivity contribution in [3.8, 4) is 0 Å². The van der Waals surface area contributed by atoms with Crippen molar-refractivity contribution in [1.29, 1.82) is 0 Å². The second kappa shape index (κ2) is 2.80. The molecule has 0 aliphatic heterocycles. The topological polar surface area (TPSA) is 19.9 Å². The highest BCUT2D eigenvalue weighted by Gasteiger charge is 2.01. The predicted octanol–water partition coefficient (Wildman–Crippen LogP) is 0.678. The van der Waals surface area contributed by atoms with Crippen LogP contribution in [0.4, 0.5) is 0 Å². The van der Waals surface area contributed by atoms with Crippen LogP contribution < -0.4 is 5.19 Å². The molecular formula is C7H9OSi. The monoisotopic (exact) mass is 137 g/mol. The fourth-order valence-electron chi connectivity index (χ4n) is 0.724. The number of rotatable bonds is 1. The minimum atomic E-state index is -1.78. The molecule has 0 heterocycles. The lowest BCUT2D eigenvalue weighted by Gasteiger charge is -1.96. The molecule has 0 aliphatic carbocycles. The molecule has 9 heavy (non-hydrogen) atoms. The molecular weight excluding hydrogens is 128 g/mol. The summed E-state index contributed by atoms with van der Waals surface area (Å²) in [5, 5.41) is 0.998. The van der Waals surface area contributed by atoms with E-state index in [1.807, 2.05) is 30.3 Å². The van der Waals surface area contributed by atoms with E-state index < -0.39 is 9.04 Å². The summed E-state index contributed by atoms with van der Waals surface area (Å²) >= 11 is 0. The second-order valence-corrected chi connectivity index (χ2v) is 4.00. The standard InChI is InChI=1S/C7H9OSi/c1-9(8)7-5-3-2-4-6-7/h2-6,9H,1H3. The molecule has 0 N–H and O–H groups in total. The van der Waals surface area contributed by atoms with Crippen molar-refractivity contribution in [2.75, 3.05) is 0 Å². The molecule has 0 amide bonds. The molecule has 1 nitrogen and oxygen atoms in total. The van der Waals surface area contributed by atoms with Gasteiger partial charge in [-0.3, -0.25) is 4.80 Å². The van der Waals surface area contributed by atoms with Crippen LogP contribution in [0.15, 0.2) is 30.3 Å². The minimum Gasteiger partial charge on any atom is -0.296 e. The smallest absolute Gasteiger partial charge is 0.249 e. The maximum absolute atomic E-state index is 10.9. The Bertz CT molecular complexity index is 172. The van der Waals surface area contributed by atoms with Gasteiger partial charge in [0.15, 0.2) is 0 Å². The molecule has 0 fully saturated rings. The summed E-state index contributed by atoms with van der Waals surface area (Å²) < 4.78 is 0. The zero-order valence-electron chi connectivity index (χ0n) is 5.37. The fourth-order valence-corrected chi connectivity index (χ4v) is 1.49. The molecule has 1 atom stereocenters. The van der Waals surface area contributed by atoms with E-state index in [0.29, 0.717) is 0 Å². The molecule has 2 heteroatoms. The second-order valence-electron chi connectivity index (χ2n) is 2.05. The molecule has 1 aromatic carbocycles. The van der Waals surface area contributed by atoms with Gasteiger partial charge in [0.25, 0.3) is 0 Å². The van der Waals surface area contributed by atoms with Gasteiger partial charge in [0.1, 0.15) is 0 Å². The average molecular weight is 137 g/mol. The molecule has 1 radical (unpaired) electrons. The van der Waals surface area contributed by atoms with Gasteiger partial charge in [-0.05, 0) is 11.7 Å². The van der Waals surface area contributed by atoms with Gasteiger partial charge in [-0.1, -0.05) is 30.3 Å². The van der Waals surface area contributed by atoms with Crippen molar-refractivity contribution in [3.05, 3.63) is 30.3 Å². The molecule has 47 valence electrons. The van der Waals surface area contributed by atoms with E-state index in [9.17, 15) is 4.80 Å². The first-order valence-electron chi connectivity index (χ1n) is 3.01. The molecule has 0 bridgehead atoms. The van der Waals surface area contributed by atoms with Crippen LogP contribution in [0.2, 0.25) is 6.55 Å². The zero-order chi connectivity index (χ0) is 6.69. The van der Waals surface area contributed by atoms with E-state index in [0.717, 1.165) is 5.19 Å². The third-order valence-electron chi connectivity index (χ3n) is 1.27. The Hall–Kier alpha value is -0.603. The molecule has 0 spiro atoms. The lowest BCUT2D eigenvalue weighted by Crippen LogP contribution is -2.23. The van der Waals surface area contributed by atoms with E-state index in [1.54, 1.807) is 6.55 Å². The van der Waals surface area contributed by atoms with Crippen LogP contribution in [0, 0.1) is 0 Å². The average Bonchev–Trinajstić information content (AvgIpc) is 1.90. The van der Waals surface area contributed by atoms with Crippen molar-refractivity contribution in [3.63, 3.8) is 0 Å². The largest absolute Gasteiger partial charge is 0.296 e. The Morgan fingerprint density at radius 2 is 1.78 bits per heavy atom. The van der Waals surface area contributed by atoms with Gasteiger partial charge in [0.05, 0.1) is 0 Å². The molecule has 0 aliphatic rings. The Morgan fingerprint density at radius 3 is 2.11 bits per heavy atom. The third kappa shape index (κ3) is 1.66. The van der Waals surface area contributed by atoms with Gasteiger partial charge < -0.3 is 0 Å². The lowest BCUT2D eigenvalue weighted by atomic mass is 10.4. The van der Waals surface area contributed by atoms with Gasteiger partial charge in [-0.25, -0.2) is 0 Å². The quantitative estimate of drug-likeness (QED) is 0.507. The van der Waals surface area contributed by atoms with Crippen molar-refractivity contribution in [2.24, 2.45) is 0 Å². The van der Waals surface area contributed by atoms with E-state index in [4.69, 9.17) is 0 Å². The Labute approximate surface area is 56.7 Å². The highest BCUT2D eigenvalue weighted by Crippen LogP contribution is 1.84. The van der Waals surface area contributed by atoms with Crippen LogP contribution in [0.25, 0.3) is 0 Å². The van der Waals surface area contributed by atoms with Crippen molar-refractivity contribution < 1.29 is 4.80 Å². The van der Waals surface area contributed by atoms with Gasteiger partial charge in [-0.2, -0.15) is 0 Å². The number of benzene rings is 1. The van der Waals surface area contributed by atoms with Crippen LogP contribution >= 0.6 is 0 Å². The highest BCUT2D eigenvalue weighted by atomic mass is 28.3. The van der Waals surface area contributed by atoms with Crippen LogP contribution in [0.5, 0.6) is 0 Å². The molecule has 1 rings (SSSR count). The molecule has 1 unspecified atom stereocenters. The SMILES string of the molecule is C[SiH]([O])c1ccccc1.